The van der Waals surface area contributed by atoms with E-state index in [1.807, 2.05) is 6.07 Å². The maximum Gasteiger partial charge on any atom is 0.143 e. The smallest absolute Gasteiger partial charge is 0.143 e. The van der Waals surface area contributed by atoms with E-state index in [2.05, 4.69) is 17.5 Å². The van der Waals surface area contributed by atoms with E-state index in [4.69, 9.17) is 21.1 Å². The Balaban J connectivity index is 2.07. The molecule has 3 nitrogen and oxygen atoms in total. The zero-order valence-corrected chi connectivity index (χ0v) is 12.2. The SMILES string of the molecule is COc1cc(NCC2CC=CCC2)c(OC)cc1Cl. The minimum Gasteiger partial charge on any atom is -0.495 e. The lowest BCUT2D eigenvalue weighted by atomic mass is 9.94. The van der Waals surface area contributed by atoms with Crippen LogP contribution >= 0.6 is 11.6 Å². The van der Waals surface area contributed by atoms with E-state index < -0.39 is 0 Å². The van der Waals surface area contributed by atoms with E-state index in [9.17, 15) is 0 Å². The average Bonchev–Trinajstić information content (AvgIpc) is 2.46. The zero-order valence-electron chi connectivity index (χ0n) is 11.4. The summed E-state index contributed by atoms with van der Waals surface area (Å²) in [6, 6.07) is 3.67. The first-order chi connectivity index (χ1) is 9.24. The van der Waals surface area contributed by atoms with Crippen LogP contribution in [-0.4, -0.2) is 20.8 Å². The van der Waals surface area contributed by atoms with Crippen molar-refractivity contribution in [2.24, 2.45) is 5.92 Å². The van der Waals surface area contributed by atoms with Gasteiger partial charge in [-0.05, 0) is 25.2 Å². The Morgan fingerprint density at radius 3 is 2.63 bits per heavy atom. The topological polar surface area (TPSA) is 30.5 Å². The van der Waals surface area contributed by atoms with Crippen molar-refractivity contribution in [1.29, 1.82) is 0 Å². The molecular formula is C15H20ClNO2. The molecule has 0 heterocycles. The molecule has 0 aliphatic heterocycles. The lowest BCUT2D eigenvalue weighted by Gasteiger charge is -2.20. The average molecular weight is 282 g/mol. The van der Waals surface area contributed by atoms with E-state index in [1.165, 1.54) is 12.8 Å². The molecule has 0 spiro atoms. The van der Waals surface area contributed by atoms with Crippen molar-refractivity contribution >= 4 is 17.3 Å². The first kappa shape index (κ1) is 14.1. The Morgan fingerprint density at radius 2 is 2.00 bits per heavy atom. The van der Waals surface area contributed by atoms with E-state index in [0.717, 1.165) is 24.4 Å². The first-order valence-electron chi connectivity index (χ1n) is 6.55. The number of anilines is 1. The predicted octanol–water partition coefficient (Wildman–Crippen LogP) is 4.13. The van der Waals surface area contributed by atoms with Crippen LogP contribution in [0.3, 0.4) is 0 Å². The van der Waals surface area contributed by atoms with Crippen LogP contribution in [0.2, 0.25) is 5.02 Å². The number of rotatable bonds is 5. The summed E-state index contributed by atoms with van der Waals surface area (Å²) < 4.78 is 10.6. The normalized spacial score (nSPS) is 18.2. The third-order valence-corrected chi connectivity index (χ3v) is 3.73. The molecule has 0 saturated carbocycles. The van der Waals surface area contributed by atoms with E-state index >= 15 is 0 Å². The minimum atomic E-state index is 0.561. The van der Waals surface area contributed by atoms with Gasteiger partial charge in [0.25, 0.3) is 0 Å². The molecule has 1 aliphatic carbocycles. The Hall–Kier alpha value is -1.35. The second-order valence-electron chi connectivity index (χ2n) is 4.72. The summed E-state index contributed by atoms with van der Waals surface area (Å²) in [6.07, 6.45) is 8.06. The van der Waals surface area contributed by atoms with Gasteiger partial charge in [-0.2, -0.15) is 0 Å². The van der Waals surface area contributed by atoms with E-state index in [1.54, 1.807) is 20.3 Å². The minimum absolute atomic E-state index is 0.561. The molecule has 19 heavy (non-hydrogen) atoms. The third kappa shape index (κ3) is 3.57. The van der Waals surface area contributed by atoms with E-state index in [0.29, 0.717) is 16.7 Å². The Morgan fingerprint density at radius 1 is 1.21 bits per heavy atom. The van der Waals surface area contributed by atoms with Crippen molar-refractivity contribution in [1.82, 2.24) is 0 Å². The number of allylic oxidation sites excluding steroid dienone is 2. The van der Waals surface area contributed by atoms with Gasteiger partial charge in [-0.3, -0.25) is 0 Å². The second kappa shape index (κ2) is 6.71. The highest BCUT2D eigenvalue weighted by atomic mass is 35.5. The van der Waals surface area contributed by atoms with Crippen LogP contribution < -0.4 is 14.8 Å². The molecule has 1 aliphatic rings. The van der Waals surface area contributed by atoms with Gasteiger partial charge in [-0.25, -0.2) is 0 Å². The summed E-state index contributed by atoms with van der Waals surface area (Å²) in [5.74, 6) is 2.09. The molecule has 0 amide bonds. The second-order valence-corrected chi connectivity index (χ2v) is 5.13. The standard InChI is InChI=1S/C15H20ClNO2/c1-18-14-9-13(15(19-2)8-12(14)16)17-10-11-6-4-3-5-7-11/h3-4,8-9,11,17H,5-7,10H2,1-2H3. The molecule has 1 aromatic carbocycles. The van der Waals surface area contributed by atoms with Crippen molar-refractivity contribution in [2.45, 2.75) is 19.3 Å². The van der Waals surface area contributed by atoms with Crippen LogP contribution in [0.15, 0.2) is 24.3 Å². The molecular weight excluding hydrogens is 262 g/mol. The number of nitrogens with one attached hydrogen (secondary N) is 1. The van der Waals surface area contributed by atoms with Crippen LogP contribution in [0.25, 0.3) is 0 Å². The summed E-state index contributed by atoms with van der Waals surface area (Å²) in [4.78, 5) is 0. The Bertz CT molecular complexity index is 460. The largest absolute Gasteiger partial charge is 0.495 e. The number of hydrogen-bond acceptors (Lipinski definition) is 3. The van der Waals surface area contributed by atoms with Gasteiger partial charge in [-0.1, -0.05) is 23.8 Å². The van der Waals surface area contributed by atoms with Gasteiger partial charge in [-0.15, -0.1) is 0 Å². The predicted molar refractivity (Wildman–Crippen MR) is 79.5 cm³/mol. The van der Waals surface area contributed by atoms with Crippen LogP contribution in [0.5, 0.6) is 11.5 Å². The van der Waals surface area contributed by atoms with Gasteiger partial charge < -0.3 is 14.8 Å². The summed E-state index contributed by atoms with van der Waals surface area (Å²) in [6.45, 7) is 0.936. The monoisotopic (exact) mass is 281 g/mol. The van der Waals surface area contributed by atoms with Crippen molar-refractivity contribution in [2.75, 3.05) is 26.1 Å². The molecule has 4 heteroatoms. The summed E-state index contributed by atoms with van der Waals surface area (Å²) in [7, 11) is 3.26. The van der Waals surface area contributed by atoms with Crippen molar-refractivity contribution in [3.05, 3.63) is 29.3 Å². The molecule has 1 aromatic rings. The van der Waals surface area contributed by atoms with Crippen LogP contribution in [0.1, 0.15) is 19.3 Å². The maximum atomic E-state index is 6.09. The van der Waals surface area contributed by atoms with Crippen molar-refractivity contribution in [3.63, 3.8) is 0 Å². The van der Waals surface area contributed by atoms with Gasteiger partial charge in [0.15, 0.2) is 0 Å². The maximum absolute atomic E-state index is 6.09. The fourth-order valence-electron chi connectivity index (χ4n) is 2.29. The van der Waals surface area contributed by atoms with E-state index in [-0.39, 0.29) is 0 Å². The third-order valence-electron chi connectivity index (χ3n) is 3.43. The highest BCUT2D eigenvalue weighted by Crippen LogP contribution is 2.36. The van der Waals surface area contributed by atoms with Gasteiger partial charge in [0.2, 0.25) is 0 Å². The summed E-state index contributed by atoms with van der Waals surface area (Å²) >= 11 is 6.09. The molecule has 0 saturated heterocycles. The lowest BCUT2D eigenvalue weighted by Crippen LogP contribution is -2.15. The van der Waals surface area contributed by atoms with Gasteiger partial charge in [0, 0.05) is 18.7 Å². The first-order valence-corrected chi connectivity index (χ1v) is 6.92. The van der Waals surface area contributed by atoms with Gasteiger partial charge in [0.05, 0.1) is 24.9 Å². The quantitative estimate of drug-likeness (QED) is 0.824. The molecule has 0 aromatic heterocycles. The fraction of sp³-hybridized carbons (Fsp3) is 0.467. The van der Waals surface area contributed by atoms with Gasteiger partial charge >= 0.3 is 0 Å². The Kier molecular flexibility index (Phi) is 4.97. The molecule has 0 bridgehead atoms. The molecule has 0 fully saturated rings. The number of halogens is 1. The zero-order chi connectivity index (χ0) is 13.7. The molecule has 1 N–H and O–H groups in total. The highest BCUT2D eigenvalue weighted by molar-refractivity contribution is 6.32. The number of methoxy groups -OCH3 is 2. The Labute approximate surface area is 119 Å². The number of benzene rings is 1. The fourth-order valence-corrected chi connectivity index (χ4v) is 2.53. The molecule has 2 rings (SSSR count). The summed E-state index contributed by atoms with van der Waals surface area (Å²) in [5, 5.41) is 4.00. The molecule has 1 unspecified atom stereocenters. The summed E-state index contributed by atoms with van der Waals surface area (Å²) in [5.41, 5.74) is 0.929. The highest BCUT2D eigenvalue weighted by Gasteiger charge is 2.13. The molecule has 0 radical (unpaired) electrons. The van der Waals surface area contributed by atoms with Crippen molar-refractivity contribution in [3.8, 4) is 11.5 Å². The van der Waals surface area contributed by atoms with Gasteiger partial charge in [0.1, 0.15) is 11.5 Å². The molecule has 1 atom stereocenters. The number of hydrogen-bond donors (Lipinski definition) is 1. The van der Waals surface area contributed by atoms with Crippen molar-refractivity contribution < 1.29 is 9.47 Å². The van der Waals surface area contributed by atoms with Crippen LogP contribution in [0.4, 0.5) is 5.69 Å². The number of ether oxygens (including phenoxy) is 2. The van der Waals surface area contributed by atoms with Crippen LogP contribution in [-0.2, 0) is 0 Å². The molecule has 104 valence electrons. The van der Waals surface area contributed by atoms with Crippen LogP contribution in [0, 0.1) is 5.92 Å². The lowest BCUT2D eigenvalue weighted by molar-refractivity contribution is 0.404.